The zero-order chi connectivity index (χ0) is 25.4. The van der Waals surface area contributed by atoms with Crippen molar-refractivity contribution in [2.75, 3.05) is 26.3 Å². The lowest BCUT2D eigenvalue weighted by Gasteiger charge is -2.27. The molecule has 0 aliphatic carbocycles. The van der Waals surface area contributed by atoms with Crippen LogP contribution in [0.4, 0.5) is 0 Å². The number of carbonyl (C=O) groups excluding carboxylic acids is 1. The van der Waals surface area contributed by atoms with Gasteiger partial charge in [0.25, 0.3) is 5.91 Å². The first-order valence-electron chi connectivity index (χ1n) is 12.4. The molecule has 0 radical (unpaired) electrons. The zero-order valence-electron chi connectivity index (χ0n) is 20.6. The first kappa shape index (κ1) is 23.7. The van der Waals surface area contributed by atoms with Gasteiger partial charge in [0.2, 0.25) is 0 Å². The number of rotatable bonds is 5. The summed E-state index contributed by atoms with van der Waals surface area (Å²) < 4.78 is 10.8. The third kappa shape index (κ3) is 4.49. The number of morpholine rings is 1. The average molecular weight is 555 g/mol. The first-order chi connectivity index (χ1) is 18.1. The third-order valence-electron chi connectivity index (χ3n) is 7.05. The zero-order valence-corrected chi connectivity index (χ0v) is 22.2. The smallest absolute Gasteiger partial charge is 0.256 e. The molecule has 0 saturated carbocycles. The van der Waals surface area contributed by atoms with E-state index in [1.165, 1.54) is 5.56 Å². The number of nitrogens with zero attached hydrogens (tertiary/aromatic N) is 4. The van der Waals surface area contributed by atoms with Gasteiger partial charge in [0.1, 0.15) is 5.82 Å². The van der Waals surface area contributed by atoms with Gasteiger partial charge in [-0.15, -0.1) is 0 Å². The second kappa shape index (κ2) is 10.00. The van der Waals surface area contributed by atoms with Crippen molar-refractivity contribution >= 4 is 32.6 Å². The van der Waals surface area contributed by atoms with Crippen molar-refractivity contribution in [3.05, 3.63) is 107 Å². The second-order valence-corrected chi connectivity index (χ2v) is 10.2. The predicted molar refractivity (Wildman–Crippen MR) is 149 cm³/mol. The number of ether oxygens (including phenoxy) is 1. The number of amides is 1. The number of halogens is 1. The monoisotopic (exact) mass is 554 g/mol. The van der Waals surface area contributed by atoms with E-state index in [0.29, 0.717) is 32.8 Å². The normalized spacial score (nSPS) is 13.8. The topological polar surface area (TPSA) is 52.3 Å². The molecule has 37 heavy (non-hydrogen) atoms. The molecule has 0 spiro atoms. The average Bonchev–Trinajstić information content (AvgIpc) is 3.53. The van der Waals surface area contributed by atoms with Crippen molar-refractivity contribution in [2.24, 2.45) is 0 Å². The van der Waals surface area contributed by atoms with E-state index in [1.807, 2.05) is 48.6 Å². The van der Waals surface area contributed by atoms with Crippen LogP contribution in [0.25, 0.3) is 27.7 Å². The molecule has 1 aliphatic heterocycles. The molecule has 1 fully saturated rings. The van der Waals surface area contributed by atoms with Crippen LogP contribution in [0, 0.1) is 6.92 Å². The summed E-state index contributed by atoms with van der Waals surface area (Å²) in [7, 11) is 0. The summed E-state index contributed by atoms with van der Waals surface area (Å²) in [4.78, 5) is 20.3. The van der Waals surface area contributed by atoms with Gasteiger partial charge in [0.15, 0.2) is 0 Å². The van der Waals surface area contributed by atoms with Crippen LogP contribution >= 0.6 is 15.9 Å². The van der Waals surface area contributed by atoms with Crippen molar-refractivity contribution < 1.29 is 9.53 Å². The molecule has 3 aromatic carbocycles. The highest BCUT2D eigenvalue weighted by Gasteiger charge is 2.28. The van der Waals surface area contributed by atoms with E-state index in [1.54, 1.807) is 0 Å². The highest BCUT2D eigenvalue weighted by molar-refractivity contribution is 9.10. The summed E-state index contributed by atoms with van der Waals surface area (Å²) in [6.45, 7) is 5.03. The quantitative estimate of drug-likeness (QED) is 0.264. The van der Waals surface area contributed by atoms with Crippen LogP contribution in [0.3, 0.4) is 0 Å². The fourth-order valence-corrected chi connectivity index (χ4v) is 5.39. The molecule has 0 N–H and O–H groups in total. The second-order valence-electron chi connectivity index (χ2n) is 9.31. The summed E-state index contributed by atoms with van der Waals surface area (Å²) in [6.07, 6.45) is 5.81. The Balaban J connectivity index is 1.50. The number of benzene rings is 3. The first-order valence-corrected chi connectivity index (χ1v) is 13.2. The molecule has 1 amide bonds. The van der Waals surface area contributed by atoms with E-state index in [-0.39, 0.29) is 5.91 Å². The van der Waals surface area contributed by atoms with E-state index in [9.17, 15) is 4.79 Å². The van der Waals surface area contributed by atoms with Crippen LogP contribution in [0.1, 0.15) is 21.6 Å². The number of fused-ring (bicyclic) bond motifs is 1. The third-order valence-corrected chi connectivity index (χ3v) is 7.57. The number of aromatic nitrogens is 3. The Morgan fingerprint density at radius 3 is 2.54 bits per heavy atom. The minimum absolute atomic E-state index is 0.0430. The largest absolute Gasteiger partial charge is 0.378 e. The molecule has 3 heterocycles. The Morgan fingerprint density at radius 2 is 1.73 bits per heavy atom. The van der Waals surface area contributed by atoms with Gasteiger partial charge in [-0.2, -0.15) is 0 Å². The molecule has 6 rings (SSSR count). The summed E-state index contributed by atoms with van der Waals surface area (Å²) in [5.41, 5.74) is 4.79. The molecule has 1 aliphatic rings. The summed E-state index contributed by atoms with van der Waals surface area (Å²) in [5.74, 6) is 0.962. The van der Waals surface area contributed by atoms with Crippen LogP contribution < -0.4 is 0 Å². The Labute approximate surface area is 224 Å². The van der Waals surface area contributed by atoms with E-state index in [4.69, 9.17) is 4.74 Å². The van der Waals surface area contributed by atoms with Gasteiger partial charge in [-0.1, -0.05) is 70.5 Å². The van der Waals surface area contributed by atoms with Gasteiger partial charge < -0.3 is 18.8 Å². The molecule has 7 heteroatoms. The minimum Gasteiger partial charge on any atom is -0.378 e. The SMILES string of the molecule is Cc1c(C(=O)N2CCOCC2)c(-c2cccc3ccccc23)cn1-c1cncn1Cc1ccc(Br)cc1. The van der Waals surface area contributed by atoms with Crippen molar-refractivity contribution in [1.29, 1.82) is 0 Å². The molecule has 0 unspecified atom stereocenters. The number of carbonyl (C=O) groups is 1. The molecule has 0 atom stereocenters. The highest BCUT2D eigenvalue weighted by Crippen LogP contribution is 2.36. The lowest BCUT2D eigenvalue weighted by Crippen LogP contribution is -2.41. The summed E-state index contributed by atoms with van der Waals surface area (Å²) >= 11 is 3.51. The Kier molecular flexibility index (Phi) is 6.40. The van der Waals surface area contributed by atoms with E-state index < -0.39 is 0 Å². The van der Waals surface area contributed by atoms with E-state index >= 15 is 0 Å². The Morgan fingerprint density at radius 1 is 0.973 bits per heavy atom. The van der Waals surface area contributed by atoms with Gasteiger partial charge in [-0.05, 0) is 41.0 Å². The maximum Gasteiger partial charge on any atom is 0.256 e. The molecule has 5 aromatic rings. The van der Waals surface area contributed by atoms with Crippen LogP contribution in [-0.2, 0) is 11.3 Å². The van der Waals surface area contributed by atoms with Gasteiger partial charge in [-0.25, -0.2) is 4.98 Å². The van der Waals surface area contributed by atoms with Gasteiger partial charge in [-0.3, -0.25) is 4.79 Å². The standard InChI is InChI=1S/C30H27BrN4O2/c1-21-29(30(36)33-13-15-37-16-14-33)27(26-8-4-6-23-5-2-3-7-25(23)26)19-35(21)28-17-32-20-34(28)18-22-9-11-24(31)12-10-22/h2-12,17,19-20H,13-16,18H2,1H3. The summed E-state index contributed by atoms with van der Waals surface area (Å²) in [6, 6.07) is 22.9. The van der Waals surface area contributed by atoms with Crippen LogP contribution in [0.5, 0.6) is 0 Å². The molecule has 2 aromatic heterocycles. The van der Waals surface area contributed by atoms with Crippen molar-refractivity contribution in [1.82, 2.24) is 19.0 Å². The lowest BCUT2D eigenvalue weighted by molar-refractivity contribution is 0.0303. The van der Waals surface area contributed by atoms with Gasteiger partial charge >= 0.3 is 0 Å². The van der Waals surface area contributed by atoms with Gasteiger partial charge in [0, 0.05) is 35.0 Å². The van der Waals surface area contributed by atoms with Gasteiger partial charge in [0.05, 0.1) is 37.8 Å². The van der Waals surface area contributed by atoms with Crippen molar-refractivity contribution in [3.8, 4) is 16.9 Å². The van der Waals surface area contributed by atoms with Crippen LogP contribution in [0.2, 0.25) is 0 Å². The maximum atomic E-state index is 14.0. The Hall–Kier alpha value is -3.68. The predicted octanol–water partition coefficient (Wildman–Crippen LogP) is 6.09. The van der Waals surface area contributed by atoms with E-state index in [2.05, 4.69) is 78.7 Å². The molecule has 186 valence electrons. The molecule has 0 bridgehead atoms. The lowest BCUT2D eigenvalue weighted by atomic mass is 9.96. The fourth-order valence-electron chi connectivity index (χ4n) is 5.13. The molecular weight excluding hydrogens is 528 g/mol. The minimum atomic E-state index is 0.0430. The summed E-state index contributed by atoms with van der Waals surface area (Å²) in [5, 5.41) is 2.28. The number of imidazole rings is 1. The fraction of sp³-hybridized carbons (Fsp3) is 0.200. The highest BCUT2D eigenvalue weighted by atomic mass is 79.9. The van der Waals surface area contributed by atoms with Crippen molar-refractivity contribution in [3.63, 3.8) is 0 Å². The van der Waals surface area contributed by atoms with Crippen molar-refractivity contribution in [2.45, 2.75) is 13.5 Å². The number of hydrogen-bond acceptors (Lipinski definition) is 3. The molecular formula is C30H27BrN4O2. The van der Waals surface area contributed by atoms with E-state index in [0.717, 1.165) is 43.4 Å². The maximum absolute atomic E-state index is 14.0. The van der Waals surface area contributed by atoms with Crippen LogP contribution in [-0.4, -0.2) is 51.2 Å². The molecule has 6 nitrogen and oxygen atoms in total. The van der Waals surface area contributed by atoms with Crippen LogP contribution in [0.15, 0.2) is 89.9 Å². The molecule has 1 saturated heterocycles. The number of hydrogen-bond donors (Lipinski definition) is 0. The Bertz CT molecular complexity index is 1570.